The summed E-state index contributed by atoms with van der Waals surface area (Å²) in [5.74, 6) is 1.52. The molecule has 2 aliphatic rings. The van der Waals surface area contributed by atoms with E-state index in [1.807, 2.05) is 19.1 Å². The number of nitrogens with one attached hydrogen (secondary N) is 1. The molecule has 1 heterocycles. The van der Waals surface area contributed by atoms with Crippen molar-refractivity contribution in [1.29, 1.82) is 0 Å². The summed E-state index contributed by atoms with van der Waals surface area (Å²) in [5.41, 5.74) is 2.06. The Labute approximate surface area is 157 Å². The number of benzene rings is 1. The van der Waals surface area contributed by atoms with Crippen molar-refractivity contribution in [3.05, 3.63) is 24.3 Å². The Kier molecular flexibility index (Phi) is 6.54. The van der Waals surface area contributed by atoms with Crippen LogP contribution in [0, 0.1) is 11.8 Å². The zero-order valence-corrected chi connectivity index (χ0v) is 16.4. The van der Waals surface area contributed by atoms with Gasteiger partial charge >= 0.3 is 0 Å². The summed E-state index contributed by atoms with van der Waals surface area (Å²) in [6.45, 7) is 10.1. The third-order valence-corrected chi connectivity index (χ3v) is 6.23. The molecular formula is C21H34N3O2+. The lowest BCUT2D eigenvalue weighted by molar-refractivity contribution is -0.715. The molecule has 0 bridgehead atoms. The van der Waals surface area contributed by atoms with Crippen LogP contribution in [0.1, 0.15) is 40.0 Å². The van der Waals surface area contributed by atoms with Gasteiger partial charge < -0.3 is 20.3 Å². The first-order chi connectivity index (χ1) is 12.5. The van der Waals surface area contributed by atoms with Gasteiger partial charge in [0, 0.05) is 30.4 Å². The second kappa shape index (κ2) is 8.87. The molecule has 3 N–H and O–H groups in total. The number of ether oxygens (including phenoxy) is 1. The molecule has 1 amide bonds. The summed E-state index contributed by atoms with van der Waals surface area (Å²) in [4.78, 5) is 14.9. The van der Waals surface area contributed by atoms with Crippen molar-refractivity contribution in [3.8, 4) is 0 Å². The van der Waals surface area contributed by atoms with E-state index in [1.165, 1.54) is 24.9 Å². The highest BCUT2D eigenvalue weighted by molar-refractivity contribution is 5.93. The predicted octanol–water partition coefficient (Wildman–Crippen LogP) is 2.24. The van der Waals surface area contributed by atoms with E-state index in [0.29, 0.717) is 12.0 Å². The van der Waals surface area contributed by atoms with Gasteiger partial charge in [0.05, 0.1) is 19.3 Å². The maximum absolute atomic E-state index is 12.6. The van der Waals surface area contributed by atoms with Crippen LogP contribution in [0.15, 0.2) is 24.3 Å². The number of hydrogen-bond donors (Lipinski definition) is 2. The molecule has 0 spiro atoms. The SMILES string of the molecule is C[C@H]1[C@@H]([NH2+][C@@H](C)C(=O)Nc2ccc(N3CCOCC3)cc2)CCC[C@@H]1C. The van der Waals surface area contributed by atoms with Gasteiger partial charge in [-0.25, -0.2) is 0 Å². The number of nitrogens with two attached hydrogens (primary N) is 1. The number of rotatable bonds is 5. The van der Waals surface area contributed by atoms with E-state index < -0.39 is 0 Å². The van der Waals surface area contributed by atoms with Crippen molar-refractivity contribution in [3.63, 3.8) is 0 Å². The van der Waals surface area contributed by atoms with Crippen LogP contribution in [0.5, 0.6) is 0 Å². The van der Waals surface area contributed by atoms with Crippen LogP contribution in [0.2, 0.25) is 0 Å². The van der Waals surface area contributed by atoms with Gasteiger partial charge in [-0.05, 0) is 56.4 Å². The second-order valence-corrected chi connectivity index (χ2v) is 8.05. The van der Waals surface area contributed by atoms with Crippen molar-refractivity contribution in [2.75, 3.05) is 36.5 Å². The third kappa shape index (κ3) is 4.77. The first-order valence-electron chi connectivity index (χ1n) is 10.1. The van der Waals surface area contributed by atoms with Gasteiger partial charge in [0.1, 0.15) is 0 Å². The van der Waals surface area contributed by atoms with Gasteiger partial charge in [0.2, 0.25) is 0 Å². The largest absolute Gasteiger partial charge is 0.378 e. The molecule has 1 saturated carbocycles. The number of quaternary nitrogens is 1. The van der Waals surface area contributed by atoms with Gasteiger partial charge in [-0.15, -0.1) is 0 Å². The number of carbonyl (C=O) groups is 1. The predicted molar refractivity (Wildman–Crippen MR) is 105 cm³/mol. The van der Waals surface area contributed by atoms with E-state index in [2.05, 4.69) is 41.5 Å². The van der Waals surface area contributed by atoms with Crippen molar-refractivity contribution >= 4 is 17.3 Å². The maximum atomic E-state index is 12.6. The van der Waals surface area contributed by atoms with E-state index in [4.69, 9.17) is 4.74 Å². The van der Waals surface area contributed by atoms with Crippen LogP contribution >= 0.6 is 0 Å². The monoisotopic (exact) mass is 360 g/mol. The smallest absolute Gasteiger partial charge is 0.282 e. The number of anilines is 2. The minimum atomic E-state index is -0.0633. The fourth-order valence-electron chi connectivity index (χ4n) is 4.19. The molecule has 5 heteroatoms. The van der Waals surface area contributed by atoms with E-state index in [1.54, 1.807) is 0 Å². The number of morpholine rings is 1. The lowest BCUT2D eigenvalue weighted by Gasteiger charge is -2.33. The van der Waals surface area contributed by atoms with E-state index in [9.17, 15) is 4.79 Å². The van der Waals surface area contributed by atoms with Gasteiger partial charge in [0.25, 0.3) is 5.91 Å². The third-order valence-electron chi connectivity index (χ3n) is 6.23. The quantitative estimate of drug-likeness (QED) is 0.847. The highest BCUT2D eigenvalue weighted by Gasteiger charge is 2.32. The molecular weight excluding hydrogens is 326 g/mol. The van der Waals surface area contributed by atoms with Crippen LogP contribution < -0.4 is 15.5 Å². The fraction of sp³-hybridized carbons (Fsp3) is 0.667. The highest BCUT2D eigenvalue weighted by Crippen LogP contribution is 2.27. The molecule has 26 heavy (non-hydrogen) atoms. The van der Waals surface area contributed by atoms with Gasteiger partial charge in [-0.1, -0.05) is 13.8 Å². The molecule has 1 saturated heterocycles. The molecule has 144 valence electrons. The topological polar surface area (TPSA) is 58.2 Å². The van der Waals surface area contributed by atoms with Gasteiger partial charge in [-0.2, -0.15) is 0 Å². The summed E-state index contributed by atoms with van der Waals surface area (Å²) in [6, 6.07) is 8.66. The maximum Gasteiger partial charge on any atom is 0.282 e. The van der Waals surface area contributed by atoms with Gasteiger partial charge in [0.15, 0.2) is 6.04 Å². The van der Waals surface area contributed by atoms with E-state index in [-0.39, 0.29) is 11.9 Å². The first-order valence-corrected chi connectivity index (χ1v) is 10.1. The van der Waals surface area contributed by atoms with Crippen LogP contribution in [-0.4, -0.2) is 44.3 Å². The Hall–Kier alpha value is -1.59. The Balaban J connectivity index is 1.52. The molecule has 1 aromatic carbocycles. The van der Waals surface area contributed by atoms with Crippen LogP contribution in [-0.2, 0) is 9.53 Å². The Morgan fingerprint density at radius 1 is 1.19 bits per heavy atom. The van der Waals surface area contributed by atoms with E-state index >= 15 is 0 Å². The number of hydrogen-bond acceptors (Lipinski definition) is 3. The number of carbonyl (C=O) groups excluding carboxylic acids is 1. The first kappa shape index (κ1) is 19.2. The van der Waals surface area contributed by atoms with E-state index in [0.717, 1.165) is 37.9 Å². The van der Waals surface area contributed by atoms with Crippen LogP contribution in [0.25, 0.3) is 0 Å². The molecule has 1 aromatic rings. The lowest BCUT2D eigenvalue weighted by atomic mass is 9.78. The normalized spacial score (nSPS) is 27.8. The zero-order chi connectivity index (χ0) is 18.5. The highest BCUT2D eigenvalue weighted by atomic mass is 16.5. The average molecular weight is 361 g/mol. The van der Waals surface area contributed by atoms with Crippen molar-refractivity contribution in [2.45, 2.75) is 52.1 Å². The van der Waals surface area contributed by atoms with Crippen molar-refractivity contribution < 1.29 is 14.8 Å². The average Bonchev–Trinajstić information content (AvgIpc) is 2.66. The number of nitrogens with zero attached hydrogens (tertiary/aromatic N) is 1. The van der Waals surface area contributed by atoms with Crippen LogP contribution in [0.3, 0.4) is 0 Å². The fourth-order valence-corrected chi connectivity index (χ4v) is 4.19. The zero-order valence-electron chi connectivity index (χ0n) is 16.4. The molecule has 0 radical (unpaired) electrons. The minimum absolute atomic E-state index is 0.0633. The molecule has 4 atom stereocenters. The molecule has 5 nitrogen and oxygen atoms in total. The van der Waals surface area contributed by atoms with Gasteiger partial charge in [-0.3, -0.25) is 4.79 Å². The summed E-state index contributed by atoms with van der Waals surface area (Å²) in [7, 11) is 0. The summed E-state index contributed by atoms with van der Waals surface area (Å²) < 4.78 is 5.40. The Bertz CT molecular complexity index is 583. The van der Waals surface area contributed by atoms with Crippen molar-refractivity contribution in [1.82, 2.24) is 0 Å². The summed E-state index contributed by atoms with van der Waals surface area (Å²) in [5, 5.41) is 5.35. The number of amides is 1. The lowest BCUT2D eigenvalue weighted by Crippen LogP contribution is -2.97. The van der Waals surface area contributed by atoms with Crippen molar-refractivity contribution in [2.24, 2.45) is 11.8 Å². The molecule has 0 unspecified atom stereocenters. The summed E-state index contributed by atoms with van der Waals surface area (Å²) in [6.07, 6.45) is 3.82. The Morgan fingerprint density at radius 2 is 1.88 bits per heavy atom. The minimum Gasteiger partial charge on any atom is -0.378 e. The molecule has 1 aliphatic carbocycles. The summed E-state index contributed by atoms with van der Waals surface area (Å²) >= 11 is 0. The molecule has 0 aromatic heterocycles. The standard InChI is InChI=1S/C21H33N3O2/c1-15-5-4-6-20(16(15)2)22-17(3)21(25)23-18-7-9-19(10-8-18)24-11-13-26-14-12-24/h7-10,15-17,20,22H,4-6,11-14H2,1-3H3,(H,23,25)/p+1/t15-,16+,17-,20-/m0/s1. The second-order valence-electron chi connectivity index (χ2n) is 8.05. The molecule has 2 fully saturated rings. The Morgan fingerprint density at radius 3 is 2.58 bits per heavy atom. The molecule has 3 rings (SSSR count). The molecule has 1 aliphatic heterocycles. The van der Waals surface area contributed by atoms with Crippen LogP contribution in [0.4, 0.5) is 11.4 Å².